The molecule has 8 nitrogen and oxygen atoms in total. The average molecular weight is 361 g/mol. The Labute approximate surface area is 149 Å². The van der Waals surface area contributed by atoms with Crippen molar-refractivity contribution in [2.75, 3.05) is 30.1 Å². The molecule has 9 heteroatoms. The molecular weight excluding hydrogens is 341 g/mol. The average Bonchev–Trinajstić information content (AvgIpc) is 2.59. The number of hydrogen-bond acceptors (Lipinski definition) is 6. The summed E-state index contributed by atoms with van der Waals surface area (Å²) in [7, 11) is 0. The maximum atomic E-state index is 12.9. The molecule has 2 amide bonds. The number of ether oxygens (including phenoxy) is 1. The number of piperazine rings is 1. The molecule has 1 aliphatic rings. The van der Waals surface area contributed by atoms with E-state index in [1.54, 1.807) is 32.4 Å². The zero-order valence-corrected chi connectivity index (χ0v) is 14.8. The first-order valence-corrected chi connectivity index (χ1v) is 8.18. The SMILES string of the molecule is CC(C)(C)OC(=O)N1CCN(c2cc3c(NF)ccnc3cn2)C(=O)C1. The molecule has 0 aliphatic carbocycles. The fourth-order valence-corrected chi connectivity index (χ4v) is 2.67. The van der Waals surface area contributed by atoms with Crippen molar-refractivity contribution < 1.29 is 18.8 Å². The van der Waals surface area contributed by atoms with Crippen molar-refractivity contribution in [3.05, 3.63) is 24.5 Å². The molecule has 0 saturated carbocycles. The van der Waals surface area contributed by atoms with E-state index in [0.29, 0.717) is 23.3 Å². The first-order valence-electron chi connectivity index (χ1n) is 8.18. The van der Waals surface area contributed by atoms with Gasteiger partial charge in [-0.2, -0.15) is 0 Å². The van der Waals surface area contributed by atoms with Crippen LogP contribution >= 0.6 is 0 Å². The number of rotatable bonds is 2. The minimum atomic E-state index is -0.625. The smallest absolute Gasteiger partial charge is 0.410 e. The lowest BCUT2D eigenvalue weighted by molar-refractivity contribution is -0.121. The van der Waals surface area contributed by atoms with Crippen LogP contribution in [-0.4, -0.2) is 52.1 Å². The molecule has 1 saturated heterocycles. The molecule has 0 radical (unpaired) electrons. The van der Waals surface area contributed by atoms with Crippen molar-refractivity contribution >= 4 is 34.4 Å². The number of carbonyl (C=O) groups excluding carboxylic acids is 2. The predicted octanol–water partition coefficient (Wildman–Crippen LogP) is 2.51. The monoisotopic (exact) mass is 361 g/mol. The number of amides is 2. The number of aromatic nitrogens is 2. The van der Waals surface area contributed by atoms with Gasteiger partial charge >= 0.3 is 6.09 Å². The Balaban J connectivity index is 1.79. The van der Waals surface area contributed by atoms with Gasteiger partial charge in [-0.05, 0) is 32.9 Å². The second-order valence-corrected chi connectivity index (χ2v) is 6.96. The van der Waals surface area contributed by atoms with Crippen molar-refractivity contribution in [2.45, 2.75) is 26.4 Å². The van der Waals surface area contributed by atoms with E-state index >= 15 is 0 Å². The molecule has 0 aromatic carbocycles. The number of carbonyl (C=O) groups is 2. The second-order valence-electron chi connectivity index (χ2n) is 6.96. The van der Waals surface area contributed by atoms with Gasteiger partial charge in [-0.1, -0.05) is 0 Å². The first-order chi connectivity index (χ1) is 12.3. The fourth-order valence-electron chi connectivity index (χ4n) is 2.67. The molecule has 138 valence electrons. The zero-order valence-electron chi connectivity index (χ0n) is 14.8. The van der Waals surface area contributed by atoms with Gasteiger partial charge in [0.1, 0.15) is 18.0 Å². The standard InChI is InChI=1S/C17H20FN5O3/c1-17(2,3)26-16(25)22-6-7-23(15(24)10-22)14-8-11-12(21-18)4-5-19-13(11)9-20-14/h4-5,8-9H,6-7,10H2,1-3H3,(H,19,21). The lowest BCUT2D eigenvalue weighted by Crippen LogP contribution is -2.53. The van der Waals surface area contributed by atoms with Gasteiger partial charge in [0, 0.05) is 24.7 Å². The van der Waals surface area contributed by atoms with Crippen LogP contribution in [0.25, 0.3) is 10.9 Å². The molecule has 1 fully saturated rings. The molecule has 0 spiro atoms. The number of halogens is 1. The Bertz CT molecular complexity index is 852. The van der Waals surface area contributed by atoms with Gasteiger partial charge in [-0.3, -0.25) is 19.6 Å². The molecule has 0 unspecified atom stereocenters. The summed E-state index contributed by atoms with van der Waals surface area (Å²) in [5.41, 5.74) is 1.75. The number of pyridine rings is 2. The van der Waals surface area contributed by atoms with Crippen LogP contribution < -0.4 is 10.4 Å². The van der Waals surface area contributed by atoms with Gasteiger partial charge in [0.05, 0.1) is 17.4 Å². The first kappa shape index (κ1) is 17.8. The highest BCUT2D eigenvalue weighted by Crippen LogP contribution is 2.26. The van der Waals surface area contributed by atoms with E-state index in [9.17, 15) is 14.1 Å². The van der Waals surface area contributed by atoms with Crippen LogP contribution in [0.15, 0.2) is 24.5 Å². The third-order valence-corrected chi connectivity index (χ3v) is 3.86. The molecule has 3 heterocycles. The van der Waals surface area contributed by atoms with Gasteiger partial charge in [-0.15, -0.1) is 4.48 Å². The van der Waals surface area contributed by atoms with E-state index in [2.05, 4.69) is 9.97 Å². The van der Waals surface area contributed by atoms with Crippen molar-refractivity contribution in [1.29, 1.82) is 0 Å². The van der Waals surface area contributed by atoms with Crippen LogP contribution in [0.5, 0.6) is 0 Å². The summed E-state index contributed by atoms with van der Waals surface area (Å²) in [5.74, 6) is 0.100. The molecule has 0 bridgehead atoms. The molecule has 2 aromatic heterocycles. The van der Waals surface area contributed by atoms with Crippen LogP contribution in [0.2, 0.25) is 0 Å². The third kappa shape index (κ3) is 3.66. The highest BCUT2D eigenvalue weighted by molar-refractivity contribution is 5.99. The van der Waals surface area contributed by atoms with E-state index in [4.69, 9.17) is 4.74 Å². The molecule has 1 N–H and O–H groups in total. The number of nitrogens with zero attached hydrogens (tertiary/aromatic N) is 4. The number of hydrogen-bond donors (Lipinski definition) is 1. The highest BCUT2D eigenvalue weighted by atomic mass is 19.2. The largest absolute Gasteiger partial charge is 0.444 e. The second kappa shape index (κ2) is 6.74. The van der Waals surface area contributed by atoms with Gasteiger partial charge in [0.15, 0.2) is 0 Å². The summed E-state index contributed by atoms with van der Waals surface area (Å²) in [4.78, 5) is 35.8. The van der Waals surface area contributed by atoms with Crippen LogP contribution in [0.4, 0.5) is 20.8 Å². The Morgan fingerprint density at radius 1 is 1.31 bits per heavy atom. The maximum Gasteiger partial charge on any atom is 0.410 e. The topological polar surface area (TPSA) is 87.7 Å². The molecule has 3 rings (SSSR count). The summed E-state index contributed by atoms with van der Waals surface area (Å²) in [6.45, 7) is 5.80. The molecule has 1 aliphatic heterocycles. The minimum Gasteiger partial charge on any atom is -0.444 e. The highest BCUT2D eigenvalue weighted by Gasteiger charge is 2.31. The van der Waals surface area contributed by atoms with E-state index in [-0.39, 0.29) is 24.7 Å². The van der Waals surface area contributed by atoms with Crippen molar-refractivity contribution in [1.82, 2.24) is 14.9 Å². The summed E-state index contributed by atoms with van der Waals surface area (Å²) < 4.78 is 18.2. The van der Waals surface area contributed by atoms with E-state index in [0.717, 1.165) is 0 Å². The van der Waals surface area contributed by atoms with Crippen molar-refractivity contribution in [3.8, 4) is 0 Å². The van der Waals surface area contributed by atoms with Crippen molar-refractivity contribution in [2.24, 2.45) is 0 Å². The van der Waals surface area contributed by atoms with Gasteiger partial charge in [0.2, 0.25) is 5.91 Å². The lowest BCUT2D eigenvalue weighted by atomic mass is 10.2. The van der Waals surface area contributed by atoms with Crippen molar-refractivity contribution in [3.63, 3.8) is 0 Å². The van der Waals surface area contributed by atoms with Crippen LogP contribution in [0.1, 0.15) is 20.8 Å². The zero-order chi connectivity index (χ0) is 18.9. The van der Waals surface area contributed by atoms with Gasteiger partial charge < -0.3 is 4.74 Å². The third-order valence-electron chi connectivity index (χ3n) is 3.86. The molecule has 26 heavy (non-hydrogen) atoms. The summed E-state index contributed by atoms with van der Waals surface area (Å²) in [6.07, 6.45) is 2.43. The van der Waals surface area contributed by atoms with E-state index < -0.39 is 11.7 Å². The van der Waals surface area contributed by atoms with E-state index in [1.165, 1.54) is 28.3 Å². The lowest BCUT2D eigenvalue weighted by Gasteiger charge is -2.34. The summed E-state index contributed by atoms with van der Waals surface area (Å²) in [6, 6.07) is 3.10. The van der Waals surface area contributed by atoms with E-state index in [1.807, 2.05) is 0 Å². The molecular formula is C17H20FN5O3. The van der Waals surface area contributed by atoms with Gasteiger partial charge in [-0.25, -0.2) is 15.3 Å². The Hall–Kier alpha value is -2.97. The molecule has 0 atom stereocenters. The minimum absolute atomic E-state index is 0.101. The quantitative estimate of drug-likeness (QED) is 0.827. The van der Waals surface area contributed by atoms with Crippen LogP contribution in [0.3, 0.4) is 0 Å². The Morgan fingerprint density at radius 2 is 2.08 bits per heavy atom. The number of fused-ring (bicyclic) bond motifs is 1. The number of anilines is 2. The van der Waals surface area contributed by atoms with Crippen LogP contribution in [0, 0.1) is 0 Å². The molecule has 2 aromatic rings. The Morgan fingerprint density at radius 3 is 2.73 bits per heavy atom. The summed E-state index contributed by atoms with van der Waals surface area (Å²) in [5, 5.41) is 0.516. The Kier molecular flexibility index (Phi) is 4.62. The normalized spacial score (nSPS) is 15.3. The predicted molar refractivity (Wildman–Crippen MR) is 94.4 cm³/mol. The van der Waals surface area contributed by atoms with Crippen LogP contribution in [-0.2, 0) is 9.53 Å². The van der Waals surface area contributed by atoms with Gasteiger partial charge in [0.25, 0.3) is 0 Å². The summed E-state index contributed by atoms with van der Waals surface area (Å²) >= 11 is 0. The maximum absolute atomic E-state index is 12.9. The fraction of sp³-hybridized carbons (Fsp3) is 0.412. The number of nitrogens with one attached hydrogen (secondary N) is 1.